The standard InChI is InChI=1S/C10H15N3O2/c1-14-10(2-5-15-8-10)7-13-9-6-11-3-4-12-9/h3-4,6H,2,5,7-8H2,1H3,(H,12,13). The Morgan fingerprint density at radius 3 is 3.13 bits per heavy atom. The predicted octanol–water partition coefficient (Wildman–Crippen LogP) is 0.694. The highest BCUT2D eigenvalue weighted by atomic mass is 16.5. The van der Waals surface area contributed by atoms with E-state index < -0.39 is 0 Å². The molecule has 1 N–H and O–H groups in total. The zero-order valence-corrected chi connectivity index (χ0v) is 8.77. The van der Waals surface area contributed by atoms with Gasteiger partial charge in [-0.05, 0) is 0 Å². The van der Waals surface area contributed by atoms with E-state index in [1.165, 1.54) is 0 Å². The van der Waals surface area contributed by atoms with E-state index in [0.29, 0.717) is 13.2 Å². The fraction of sp³-hybridized carbons (Fsp3) is 0.600. The molecule has 0 saturated carbocycles. The van der Waals surface area contributed by atoms with Gasteiger partial charge in [0.25, 0.3) is 0 Å². The summed E-state index contributed by atoms with van der Waals surface area (Å²) in [5.74, 6) is 0.765. The molecule has 1 saturated heterocycles. The molecule has 15 heavy (non-hydrogen) atoms. The average molecular weight is 209 g/mol. The number of ether oxygens (including phenoxy) is 2. The minimum absolute atomic E-state index is 0.211. The predicted molar refractivity (Wildman–Crippen MR) is 55.7 cm³/mol. The third kappa shape index (κ3) is 2.43. The van der Waals surface area contributed by atoms with Crippen molar-refractivity contribution in [1.29, 1.82) is 0 Å². The molecule has 1 unspecified atom stereocenters. The van der Waals surface area contributed by atoms with Gasteiger partial charge in [0.05, 0.1) is 12.8 Å². The first-order chi connectivity index (χ1) is 7.35. The van der Waals surface area contributed by atoms with Crippen LogP contribution in [0.4, 0.5) is 5.82 Å². The van der Waals surface area contributed by atoms with Crippen LogP contribution in [0.5, 0.6) is 0 Å². The van der Waals surface area contributed by atoms with Crippen LogP contribution in [0.1, 0.15) is 6.42 Å². The molecule has 2 rings (SSSR count). The molecular formula is C10H15N3O2. The summed E-state index contributed by atoms with van der Waals surface area (Å²) in [6.45, 7) is 2.09. The molecule has 0 bridgehead atoms. The summed E-state index contributed by atoms with van der Waals surface area (Å²) < 4.78 is 10.8. The molecule has 1 aliphatic rings. The summed E-state index contributed by atoms with van der Waals surface area (Å²) in [4.78, 5) is 8.12. The lowest BCUT2D eigenvalue weighted by Crippen LogP contribution is -2.39. The monoisotopic (exact) mass is 209 g/mol. The number of hydrogen-bond donors (Lipinski definition) is 1. The fourth-order valence-electron chi connectivity index (χ4n) is 1.60. The smallest absolute Gasteiger partial charge is 0.144 e. The maximum absolute atomic E-state index is 5.48. The molecular weight excluding hydrogens is 194 g/mol. The summed E-state index contributed by atoms with van der Waals surface area (Å²) in [5, 5.41) is 3.20. The van der Waals surface area contributed by atoms with E-state index in [2.05, 4.69) is 15.3 Å². The molecule has 2 heterocycles. The van der Waals surface area contributed by atoms with Gasteiger partial charge in [0.2, 0.25) is 0 Å². The van der Waals surface area contributed by atoms with Crippen LogP contribution in [-0.4, -0.2) is 42.4 Å². The van der Waals surface area contributed by atoms with E-state index in [1.54, 1.807) is 25.7 Å². The van der Waals surface area contributed by atoms with Crippen molar-refractivity contribution in [2.24, 2.45) is 0 Å². The van der Waals surface area contributed by atoms with Gasteiger partial charge in [-0.3, -0.25) is 4.98 Å². The Kier molecular flexibility index (Phi) is 3.13. The lowest BCUT2D eigenvalue weighted by molar-refractivity contribution is -0.00625. The van der Waals surface area contributed by atoms with Gasteiger partial charge in [0.15, 0.2) is 0 Å². The van der Waals surface area contributed by atoms with Crippen molar-refractivity contribution in [1.82, 2.24) is 9.97 Å². The highest BCUT2D eigenvalue weighted by Gasteiger charge is 2.34. The topological polar surface area (TPSA) is 56.3 Å². The largest absolute Gasteiger partial charge is 0.378 e. The number of nitrogens with one attached hydrogen (secondary N) is 1. The van der Waals surface area contributed by atoms with Gasteiger partial charge in [-0.2, -0.15) is 0 Å². The van der Waals surface area contributed by atoms with Crippen molar-refractivity contribution in [3.05, 3.63) is 18.6 Å². The SMILES string of the molecule is COC1(CNc2cnccn2)CCOC1. The van der Waals surface area contributed by atoms with Gasteiger partial charge in [0, 0.05) is 39.1 Å². The van der Waals surface area contributed by atoms with Crippen molar-refractivity contribution >= 4 is 5.82 Å². The minimum atomic E-state index is -0.211. The van der Waals surface area contributed by atoms with Crippen LogP contribution in [0.25, 0.3) is 0 Å². The van der Waals surface area contributed by atoms with Gasteiger partial charge in [0.1, 0.15) is 11.4 Å². The second kappa shape index (κ2) is 4.55. The van der Waals surface area contributed by atoms with E-state index in [4.69, 9.17) is 9.47 Å². The van der Waals surface area contributed by atoms with Crippen molar-refractivity contribution in [3.63, 3.8) is 0 Å². The van der Waals surface area contributed by atoms with E-state index in [1.807, 2.05) is 0 Å². The molecule has 82 valence electrons. The van der Waals surface area contributed by atoms with Gasteiger partial charge in [-0.1, -0.05) is 0 Å². The van der Waals surface area contributed by atoms with Gasteiger partial charge in [-0.15, -0.1) is 0 Å². The van der Waals surface area contributed by atoms with Gasteiger partial charge >= 0.3 is 0 Å². The van der Waals surface area contributed by atoms with Crippen molar-refractivity contribution < 1.29 is 9.47 Å². The number of anilines is 1. The molecule has 5 nitrogen and oxygen atoms in total. The number of methoxy groups -OCH3 is 1. The van der Waals surface area contributed by atoms with E-state index in [-0.39, 0.29) is 5.60 Å². The molecule has 0 aromatic carbocycles. The molecule has 5 heteroatoms. The zero-order chi connectivity index (χ0) is 10.6. The summed E-state index contributed by atoms with van der Waals surface area (Å²) in [6, 6.07) is 0. The van der Waals surface area contributed by atoms with Crippen LogP contribution in [0.2, 0.25) is 0 Å². The first-order valence-corrected chi connectivity index (χ1v) is 4.97. The number of rotatable bonds is 4. The molecule has 1 aliphatic heterocycles. The fourth-order valence-corrected chi connectivity index (χ4v) is 1.60. The van der Waals surface area contributed by atoms with E-state index in [9.17, 15) is 0 Å². The van der Waals surface area contributed by atoms with Crippen molar-refractivity contribution in [2.45, 2.75) is 12.0 Å². The maximum atomic E-state index is 5.48. The highest BCUT2D eigenvalue weighted by Crippen LogP contribution is 2.22. The highest BCUT2D eigenvalue weighted by molar-refractivity contribution is 5.30. The third-order valence-corrected chi connectivity index (χ3v) is 2.65. The normalized spacial score (nSPS) is 25.4. The summed E-state index contributed by atoms with van der Waals surface area (Å²) in [7, 11) is 1.72. The van der Waals surface area contributed by atoms with E-state index >= 15 is 0 Å². The second-order valence-electron chi connectivity index (χ2n) is 3.63. The van der Waals surface area contributed by atoms with Gasteiger partial charge < -0.3 is 14.8 Å². The Morgan fingerprint density at radius 2 is 2.53 bits per heavy atom. The molecule has 0 amide bonds. The number of hydrogen-bond acceptors (Lipinski definition) is 5. The quantitative estimate of drug-likeness (QED) is 0.790. The summed E-state index contributed by atoms with van der Waals surface area (Å²) in [5.41, 5.74) is -0.211. The van der Waals surface area contributed by atoms with Gasteiger partial charge in [-0.25, -0.2) is 4.98 Å². The van der Waals surface area contributed by atoms with E-state index in [0.717, 1.165) is 18.8 Å². The van der Waals surface area contributed by atoms with Crippen LogP contribution >= 0.6 is 0 Å². The van der Waals surface area contributed by atoms with Crippen LogP contribution in [-0.2, 0) is 9.47 Å². The maximum Gasteiger partial charge on any atom is 0.144 e. The Balaban J connectivity index is 1.92. The molecule has 0 spiro atoms. The van der Waals surface area contributed by atoms with Crippen LogP contribution in [0.3, 0.4) is 0 Å². The minimum Gasteiger partial charge on any atom is -0.378 e. The first-order valence-electron chi connectivity index (χ1n) is 4.97. The number of nitrogens with zero attached hydrogens (tertiary/aromatic N) is 2. The summed E-state index contributed by atoms with van der Waals surface area (Å²) >= 11 is 0. The van der Waals surface area contributed by atoms with Crippen molar-refractivity contribution in [2.75, 3.05) is 32.2 Å². The molecule has 1 aromatic rings. The number of aromatic nitrogens is 2. The molecule has 1 fully saturated rings. The van der Waals surface area contributed by atoms with Crippen molar-refractivity contribution in [3.8, 4) is 0 Å². The molecule has 1 atom stereocenters. The Labute approximate surface area is 88.8 Å². The Bertz CT molecular complexity index is 299. The third-order valence-electron chi connectivity index (χ3n) is 2.65. The molecule has 1 aromatic heterocycles. The Morgan fingerprint density at radius 1 is 1.60 bits per heavy atom. The van der Waals surface area contributed by atoms with Crippen LogP contribution in [0.15, 0.2) is 18.6 Å². The second-order valence-corrected chi connectivity index (χ2v) is 3.63. The molecule has 0 aliphatic carbocycles. The molecule has 0 radical (unpaired) electrons. The lowest BCUT2D eigenvalue weighted by atomic mass is 10.0. The first kappa shape index (κ1) is 10.3. The summed E-state index contributed by atoms with van der Waals surface area (Å²) in [6.07, 6.45) is 5.92. The van der Waals surface area contributed by atoms with Crippen LogP contribution in [0, 0.1) is 0 Å². The lowest BCUT2D eigenvalue weighted by Gasteiger charge is -2.25. The van der Waals surface area contributed by atoms with Crippen LogP contribution < -0.4 is 5.32 Å². The Hall–Kier alpha value is -1.20. The zero-order valence-electron chi connectivity index (χ0n) is 8.77. The average Bonchev–Trinajstić information content (AvgIpc) is 2.77.